The summed E-state index contributed by atoms with van der Waals surface area (Å²) >= 11 is 0. The van der Waals surface area contributed by atoms with E-state index in [0.717, 1.165) is 18.7 Å². The predicted octanol–water partition coefficient (Wildman–Crippen LogP) is 2.56. The van der Waals surface area contributed by atoms with Gasteiger partial charge in [-0.25, -0.2) is 0 Å². The van der Waals surface area contributed by atoms with Crippen molar-refractivity contribution in [2.75, 3.05) is 0 Å². The lowest BCUT2D eigenvalue weighted by atomic mass is 9.89. The average Bonchev–Trinajstić information content (AvgIpc) is 2.85. The molecule has 0 saturated heterocycles. The Morgan fingerprint density at radius 1 is 1.31 bits per heavy atom. The molecule has 1 atom stereocenters. The first kappa shape index (κ1) is 11.6. The van der Waals surface area contributed by atoms with Crippen molar-refractivity contribution < 1.29 is 4.52 Å². The van der Waals surface area contributed by atoms with Crippen LogP contribution in [0, 0.1) is 5.92 Å². The third-order valence-electron chi connectivity index (χ3n) is 3.68. The first-order valence-electron chi connectivity index (χ1n) is 6.12. The van der Waals surface area contributed by atoms with Gasteiger partial charge in [-0.2, -0.15) is 4.98 Å². The van der Waals surface area contributed by atoms with Gasteiger partial charge in [0, 0.05) is 5.41 Å². The highest BCUT2D eigenvalue weighted by Gasteiger charge is 2.36. The minimum absolute atomic E-state index is 0.0853. The second-order valence-electron chi connectivity index (χ2n) is 5.50. The van der Waals surface area contributed by atoms with Gasteiger partial charge < -0.3 is 10.3 Å². The maximum absolute atomic E-state index is 6.01. The third kappa shape index (κ3) is 1.98. The smallest absolute Gasteiger partial charge is 0.232 e. The number of hydrogen-bond acceptors (Lipinski definition) is 4. The lowest BCUT2D eigenvalue weighted by Gasteiger charge is -2.17. The Labute approximate surface area is 96.6 Å². The van der Waals surface area contributed by atoms with Gasteiger partial charge in [0.2, 0.25) is 5.89 Å². The molecular formula is C12H21N3O. The molecule has 0 amide bonds. The highest BCUT2D eigenvalue weighted by molar-refractivity contribution is 5.07. The van der Waals surface area contributed by atoms with Crippen molar-refractivity contribution in [3.63, 3.8) is 0 Å². The van der Waals surface area contributed by atoms with E-state index in [0.29, 0.717) is 11.7 Å². The van der Waals surface area contributed by atoms with Crippen LogP contribution in [-0.4, -0.2) is 10.1 Å². The normalized spacial score (nSPS) is 21.6. The van der Waals surface area contributed by atoms with Crippen molar-refractivity contribution >= 4 is 0 Å². The maximum atomic E-state index is 6.01. The largest absolute Gasteiger partial charge is 0.339 e. The Hall–Kier alpha value is -0.900. The van der Waals surface area contributed by atoms with E-state index in [1.165, 1.54) is 12.8 Å². The Morgan fingerprint density at radius 2 is 1.94 bits per heavy atom. The summed E-state index contributed by atoms with van der Waals surface area (Å²) < 4.78 is 5.38. The van der Waals surface area contributed by atoms with Crippen molar-refractivity contribution in [1.82, 2.24) is 10.1 Å². The van der Waals surface area contributed by atoms with Gasteiger partial charge in [-0.15, -0.1) is 0 Å². The minimum Gasteiger partial charge on any atom is -0.339 e. The number of nitrogens with two attached hydrogens (primary N) is 1. The zero-order chi connectivity index (χ0) is 11.8. The average molecular weight is 223 g/mol. The Morgan fingerprint density at radius 3 is 2.50 bits per heavy atom. The molecule has 1 aliphatic carbocycles. The Kier molecular flexibility index (Phi) is 3.02. The van der Waals surface area contributed by atoms with Crippen LogP contribution < -0.4 is 5.73 Å². The summed E-state index contributed by atoms with van der Waals surface area (Å²) in [4.78, 5) is 4.48. The van der Waals surface area contributed by atoms with E-state index in [1.807, 2.05) is 0 Å². The van der Waals surface area contributed by atoms with Crippen molar-refractivity contribution in [2.24, 2.45) is 11.7 Å². The fourth-order valence-electron chi connectivity index (χ4n) is 2.28. The summed E-state index contributed by atoms with van der Waals surface area (Å²) in [5.74, 6) is 1.76. The minimum atomic E-state index is -0.123. The van der Waals surface area contributed by atoms with Crippen molar-refractivity contribution in [1.29, 1.82) is 0 Å². The van der Waals surface area contributed by atoms with Crippen molar-refractivity contribution in [3.05, 3.63) is 11.7 Å². The standard InChI is InChI=1S/C12H21N3O/c1-8(2)9(13)10-14-11(16-15-10)12(3)6-4-5-7-12/h8-9H,4-7,13H2,1-3H3. The van der Waals surface area contributed by atoms with Crippen LogP contribution in [0.2, 0.25) is 0 Å². The molecule has 1 heterocycles. The summed E-state index contributed by atoms with van der Waals surface area (Å²) in [6, 6.07) is -0.123. The molecular weight excluding hydrogens is 202 g/mol. The third-order valence-corrected chi connectivity index (χ3v) is 3.68. The number of aromatic nitrogens is 2. The molecule has 0 spiro atoms. The summed E-state index contributed by atoms with van der Waals surface area (Å²) in [5, 5.41) is 4.02. The monoisotopic (exact) mass is 223 g/mol. The molecule has 0 aromatic carbocycles. The van der Waals surface area contributed by atoms with Crippen LogP contribution >= 0.6 is 0 Å². The first-order valence-corrected chi connectivity index (χ1v) is 6.12. The second kappa shape index (κ2) is 4.17. The molecule has 90 valence electrons. The molecule has 0 aliphatic heterocycles. The highest BCUT2D eigenvalue weighted by Crippen LogP contribution is 2.39. The first-order chi connectivity index (χ1) is 7.53. The van der Waals surface area contributed by atoms with Crippen molar-refractivity contribution in [3.8, 4) is 0 Å². The van der Waals surface area contributed by atoms with E-state index in [2.05, 4.69) is 30.9 Å². The fraction of sp³-hybridized carbons (Fsp3) is 0.833. The SMILES string of the molecule is CC(C)C(N)c1noc(C2(C)CCCC2)n1. The van der Waals surface area contributed by atoms with Gasteiger partial charge in [-0.05, 0) is 18.8 Å². The Bertz CT molecular complexity index is 353. The van der Waals surface area contributed by atoms with Gasteiger partial charge in [0.05, 0.1) is 6.04 Å². The molecule has 1 aromatic rings. The molecule has 0 bridgehead atoms. The van der Waals surface area contributed by atoms with Gasteiger partial charge in [0.1, 0.15) is 0 Å². The zero-order valence-corrected chi connectivity index (χ0v) is 10.4. The molecule has 4 nitrogen and oxygen atoms in total. The zero-order valence-electron chi connectivity index (χ0n) is 10.4. The summed E-state index contributed by atoms with van der Waals surface area (Å²) in [5.41, 5.74) is 6.09. The van der Waals surface area contributed by atoms with Gasteiger partial charge in [0.15, 0.2) is 5.82 Å². The van der Waals surface area contributed by atoms with E-state index in [4.69, 9.17) is 10.3 Å². The molecule has 1 saturated carbocycles. The quantitative estimate of drug-likeness (QED) is 0.855. The van der Waals surface area contributed by atoms with E-state index >= 15 is 0 Å². The molecule has 1 aliphatic rings. The number of nitrogens with zero attached hydrogens (tertiary/aromatic N) is 2. The van der Waals surface area contributed by atoms with Crippen LogP contribution in [0.25, 0.3) is 0 Å². The second-order valence-corrected chi connectivity index (χ2v) is 5.50. The molecule has 2 rings (SSSR count). The molecule has 0 radical (unpaired) electrons. The van der Waals surface area contributed by atoms with E-state index in [9.17, 15) is 0 Å². The highest BCUT2D eigenvalue weighted by atomic mass is 16.5. The van der Waals surface area contributed by atoms with Gasteiger partial charge in [-0.3, -0.25) is 0 Å². The van der Waals surface area contributed by atoms with E-state index in [-0.39, 0.29) is 11.5 Å². The molecule has 1 fully saturated rings. The molecule has 2 N–H and O–H groups in total. The topological polar surface area (TPSA) is 64.9 Å². The molecule has 4 heteroatoms. The van der Waals surface area contributed by atoms with Gasteiger partial charge in [-0.1, -0.05) is 38.8 Å². The number of hydrogen-bond donors (Lipinski definition) is 1. The van der Waals surface area contributed by atoms with Crippen LogP contribution in [0.4, 0.5) is 0 Å². The van der Waals surface area contributed by atoms with E-state index in [1.54, 1.807) is 0 Å². The lowest BCUT2D eigenvalue weighted by Crippen LogP contribution is -2.20. The van der Waals surface area contributed by atoms with Crippen LogP contribution in [0.15, 0.2) is 4.52 Å². The van der Waals surface area contributed by atoms with Gasteiger partial charge in [0.25, 0.3) is 0 Å². The Balaban J connectivity index is 2.19. The molecule has 1 aromatic heterocycles. The van der Waals surface area contributed by atoms with Crippen LogP contribution in [-0.2, 0) is 5.41 Å². The predicted molar refractivity (Wildman–Crippen MR) is 61.9 cm³/mol. The summed E-state index contributed by atoms with van der Waals surface area (Å²) in [6.07, 6.45) is 4.80. The summed E-state index contributed by atoms with van der Waals surface area (Å²) in [7, 11) is 0. The molecule has 1 unspecified atom stereocenters. The van der Waals surface area contributed by atoms with Crippen LogP contribution in [0.1, 0.15) is 64.2 Å². The lowest BCUT2D eigenvalue weighted by molar-refractivity contribution is 0.292. The van der Waals surface area contributed by atoms with Crippen molar-refractivity contribution in [2.45, 2.75) is 57.9 Å². The van der Waals surface area contributed by atoms with Crippen LogP contribution in [0.5, 0.6) is 0 Å². The number of rotatable bonds is 3. The maximum Gasteiger partial charge on any atom is 0.232 e. The summed E-state index contributed by atoms with van der Waals surface area (Å²) in [6.45, 7) is 6.34. The fourth-order valence-corrected chi connectivity index (χ4v) is 2.28. The van der Waals surface area contributed by atoms with Crippen LogP contribution in [0.3, 0.4) is 0 Å². The molecule has 16 heavy (non-hydrogen) atoms. The van der Waals surface area contributed by atoms with E-state index < -0.39 is 0 Å². The van der Waals surface area contributed by atoms with Gasteiger partial charge >= 0.3 is 0 Å².